The van der Waals surface area contributed by atoms with Crippen molar-refractivity contribution in [2.24, 2.45) is 0 Å². The average molecular weight is 322 g/mol. The Morgan fingerprint density at radius 1 is 0.667 bits per heavy atom. The van der Waals surface area contributed by atoms with Crippen molar-refractivity contribution >= 4 is 34.9 Å². The van der Waals surface area contributed by atoms with Crippen LogP contribution >= 0.6 is 12.4 Å². The molecule has 0 N–H and O–H groups in total. The van der Waals surface area contributed by atoms with Gasteiger partial charge in [-0.05, 0) is 0 Å². The van der Waals surface area contributed by atoms with Crippen LogP contribution in [0.2, 0.25) is 0 Å². The normalized spacial score (nSPS) is 9.73. The van der Waals surface area contributed by atoms with Gasteiger partial charge in [-0.3, -0.25) is 0 Å². The summed E-state index contributed by atoms with van der Waals surface area (Å²) in [6, 6.07) is 21.4. The van der Waals surface area contributed by atoms with E-state index in [1.165, 1.54) is 11.1 Å². The van der Waals surface area contributed by atoms with Crippen LogP contribution < -0.4 is 0 Å². The number of benzene rings is 2. The summed E-state index contributed by atoms with van der Waals surface area (Å²) in [7, 11) is 0. The zero-order valence-electron chi connectivity index (χ0n) is 8.26. The van der Waals surface area contributed by atoms with Gasteiger partial charge < -0.3 is 0 Å². The van der Waals surface area contributed by atoms with Crippen molar-refractivity contribution in [3.8, 4) is 0 Å². The van der Waals surface area contributed by atoms with Gasteiger partial charge in [0, 0.05) is 0 Å². The van der Waals surface area contributed by atoms with Crippen LogP contribution in [0.25, 0.3) is 0 Å². The molecule has 2 aromatic rings. The Balaban J connectivity index is 0.00000112. The molecule has 0 unspecified atom stereocenters. The molecule has 2 aromatic carbocycles. The SMILES string of the molecule is Cl.[Sn][CH](c1ccccc1)c1ccccc1. The van der Waals surface area contributed by atoms with Crippen molar-refractivity contribution in [3.63, 3.8) is 0 Å². The van der Waals surface area contributed by atoms with E-state index in [1.807, 2.05) is 0 Å². The van der Waals surface area contributed by atoms with E-state index in [0.29, 0.717) is 3.93 Å². The van der Waals surface area contributed by atoms with Crippen LogP contribution in [0.3, 0.4) is 0 Å². The molecular formula is C13H12ClSn. The average Bonchev–Trinajstić information content (AvgIpc) is 2.30. The fourth-order valence-electron chi connectivity index (χ4n) is 1.48. The van der Waals surface area contributed by atoms with Gasteiger partial charge in [0.25, 0.3) is 0 Å². The zero-order chi connectivity index (χ0) is 9.80. The van der Waals surface area contributed by atoms with Crippen molar-refractivity contribution in [2.75, 3.05) is 0 Å². The molecule has 3 radical (unpaired) electrons. The van der Waals surface area contributed by atoms with Gasteiger partial charge in [0.05, 0.1) is 0 Å². The molecule has 0 aliphatic carbocycles. The molecule has 0 fully saturated rings. The first-order valence-electron chi connectivity index (χ1n) is 4.69. The van der Waals surface area contributed by atoms with E-state index in [0.717, 1.165) is 0 Å². The van der Waals surface area contributed by atoms with Crippen LogP contribution in [0.1, 0.15) is 15.1 Å². The van der Waals surface area contributed by atoms with Crippen LogP contribution in [0.15, 0.2) is 60.7 Å². The molecule has 2 rings (SSSR count). The molecule has 0 amide bonds. The Hall–Kier alpha value is -0.471. The second-order valence-corrected chi connectivity index (χ2v) is 4.90. The van der Waals surface area contributed by atoms with Gasteiger partial charge in [-0.25, -0.2) is 0 Å². The van der Waals surface area contributed by atoms with Gasteiger partial charge in [0.2, 0.25) is 0 Å². The summed E-state index contributed by atoms with van der Waals surface area (Å²) in [5, 5.41) is 0. The van der Waals surface area contributed by atoms with Crippen molar-refractivity contribution < 1.29 is 0 Å². The van der Waals surface area contributed by atoms with E-state index in [9.17, 15) is 0 Å². The van der Waals surface area contributed by atoms with E-state index in [-0.39, 0.29) is 12.4 Å². The molecule has 0 nitrogen and oxygen atoms in total. The monoisotopic (exact) mass is 323 g/mol. The third-order valence-electron chi connectivity index (χ3n) is 2.27. The first-order chi connectivity index (χ1) is 6.88. The van der Waals surface area contributed by atoms with Crippen LogP contribution in [-0.4, -0.2) is 22.5 Å². The van der Waals surface area contributed by atoms with Gasteiger partial charge >= 0.3 is 98.2 Å². The molecule has 0 saturated carbocycles. The first-order valence-corrected chi connectivity index (χ1v) is 6.34. The van der Waals surface area contributed by atoms with Crippen LogP contribution in [-0.2, 0) is 0 Å². The van der Waals surface area contributed by atoms with Crippen molar-refractivity contribution in [3.05, 3.63) is 71.8 Å². The Morgan fingerprint density at radius 2 is 1.00 bits per heavy atom. The predicted molar refractivity (Wildman–Crippen MR) is 67.7 cm³/mol. The van der Waals surface area contributed by atoms with E-state index in [2.05, 4.69) is 60.7 Å². The molecule has 0 saturated heterocycles. The number of hydrogen-bond donors (Lipinski definition) is 0. The zero-order valence-corrected chi connectivity index (χ0v) is 11.9. The summed E-state index contributed by atoms with van der Waals surface area (Å²) < 4.78 is 0.574. The quantitative estimate of drug-likeness (QED) is 0.744. The summed E-state index contributed by atoms with van der Waals surface area (Å²) in [5.74, 6) is 0. The Bertz CT molecular complexity index is 346. The molecule has 0 aliphatic heterocycles. The van der Waals surface area contributed by atoms with Crippen LogP contribution in [0.4, 0.5) is 0 Å². The molecule has 0 aliphatic rings. The van der Waals surface area contributed by atoms with Crippen molar-refractivity contribution in [1.29, 1.82) is 0 Å². The minimum absolute atomic E-state index is 0. The van der Waals surface area contributed by atoms with Gasteiger partial charge in [-0.15, -0.1) is 12.4 Å². The molecule has 0 bridgehead atoms. The molecule has 0 spiro atoms. The third-order valence-corrected chi connectivity index (χ3v) is 4.17. The van der Waals surface area contributed by atoms with E-state index < -0.39 is 0 Å². The Kier molecular flexibility index (Phi) is 5.19. The van der Waals surface area contributed by atoms with Gasteiger partial charge in [-0.1, -0.05) is 0 Å². The summed E-state index contributed by atoms with van der Waals surface area (Å²) in [5.41, 5.74) is 2.83. The van der Waals surface area contributed by atoms with Crippen LogP contribution in [0, 0.1) is 0 Å². The second-order valence-electron chi connectivity index (χ2n) is 3.25. The topological polar surface area (TPSA) is 0 Å². The van der Waals surface area contributed by atoms with E-state index >= 15 is 0 Å². The summed E-state index contributed by atoms with van der Waals surface area (Å²) in [6.07, 6.45) is 0. The number of hydrogen-bond acceptors (Lipinski definition) is 0. The Labute approximate surface area is 110 Å². The summed E-state index contributed by atoms with van der Waals surface area (Å²) in [4.78, 5) is 0. The third kappa shape index (κ3) is 3.25. The summed E-state index contributed by atoms with van der Waals surface area (Å²) in [6.45, 7) is 0. The molecule has 2 heteroatoms. The van der Waals surface area contributed by atoms with E-state index in [4.69, 9.17) is 0 Å². The van der Waals surface area contributed by atoms with Crippen molar-refractivity contribution in [2.45, 2.75) is 3.93 Å². The first kappa shape index (κ1) is 12.6. The fraction of sp³-hybridized carbons (Fsp3) is 0.0769. The second kappa shape index (κ2) is 6.19. The molecule has 0 heterocycles. The van der Waals surface area contributed by atoms with Gasteiger partial charge in [-0.2, -0.15) is 0 Å². The summed E-state index contributed by atoms with van der Waals surface area (Å²) >= 11 is 1.54. The maximum atomic E-state index is 2.20. The fourth-order valence-corrected chi connectivity index (χ4v) is 2.58. The molecule has 0 aromatic heterocycles. The van der Waals surface area contributed by atoms with E-state index in [1.54, 1.807) is 22.5 Å². The van der Waals surface area contributed by atoms with Gasteiger partial charge in [0.15, 0.2) is 0 Å². The molecule has 75 valence electrons. The predicted octanol–water partition coefficient (Wildman–Crippen LogP) is 3.37. The molecular weight excluding hydrogens is 310 g/mol. The molecule has 0 atom stereocenters. The Morgan fingerprint density at radius 3 is 1.33 bits per heavy atom. The number of halogens is 1. The molecule has 15 heavy (non-hydrogen) atoms. The number of rotatable bonds is 2. The minimum atomic E-state index is 0. The van der Waals surface area contributed by atoms with Gasteiger partial charge in [0.1, 0.15) is 0 Å². The maximum absolute atomic E-state index is 2.20. The van der Waals surface area contributed by atoms with Crippen molar-refractivity contribution in [1.82, 2.24) is 0 Å². The van der Waals surface area contributed by atoms with Crippen LogP contribution in [0.5, 0.6) is 0 Å². The standard InChI is InChI=1S/C13H11.ClH.Sn/c1-3-7-12(8-4-1)11-13-9-5-2-6-10-13;;/h1-11H;1H;.